The van der Waals surface area contributed by atoms with Gasteiger partial charge in [-0.25, -0.2) is 18.5 Å². The van der Waals surface area contributed by atoms with Crippen LogP contribution in [0.1, 0.15) is 13.2 Å². The Kier molecular flexibility index (Phi) is 11.4. The summed E-state index contributed by atoms with van der Waals surface area (Å²) in [6.45, 7) is -1.27. The molecule has 2 fully saturated rings. The molecule has 2 saturated heterocycles. The highest BCUT2D eigenvalue weighted by atomic mass is 31.3. The van der Waals surface area contributed by atoms with Crippen molar-refractivity contribution in [2.75, 3.05) is 13.2 Å². The number of H-pyrrole nitrogens is 1. The molecule has 0 aliphatic carbocycles. The number of aliphatic hydroxyl groups is 4. The van der Waals surface area contributed by atoms with Crippen molar-refractivity contribution in [1.82, 2.24) is 14.9 Å². The van der Waals surface area contributed by atoms with Crippen molar-refractivity contribution in [2.24, 2.45) is 0 Å². The van der Waals surface area contributed by atoms with Gasteiger partial charge in [0, 0.05) is 19.2 Å². The van der Waals surface area contributed by atoms with Crippen LogP contribution in [0.4, 0.5) is 0 Å². The maximum absolute atomic E-state index is 12.6. The molecule has 0 aromatic carbocycles. The molecule has 2 aliphatic heterocycles. The first-order chi connectivity index (χ1) is 19.7. The summed E-state index contributed by atoms with van der Waals surface area (Å²) in [6, 6.07) is -0.944. The number of carbonyl (C=O) groups excluding carboxylic acids is 1. The number of rotatable bonds is 12. The Morgan fingerprint density at radius 3 is 2.09 bits per heavy atom. The standard InChI is InChI=1S/C17H28N3O20P3/c1-6(21)18-10-13(25)11(23)8(4-35-41(28,29)30)38-16(10)39-43(33,34)40-42(31,32)36-5-7-12(24)14(26)15(37-7)20-3-2-9(22)19-17(20)27/h2-3,7-8,10-16,23-26H,4-5H2,1H3,(H,18,21)(H,31,32)(H,33,34)(H,19,22,27)(H2,28,29,30)/t7-,8-,10-,11-,12-,13-,14-,15-,16+/m1/s1. The highest BCUT2D eigenvalue weighted by Gasteiger charge is 2.51. The molecule has 11 atom stereocenters. The second-order valence-corrected chi connectivity index (χ2v) is 13.3. The summed E-state index contributed by atoms with van der Waals surface area (Å²) >= 11 is 0. The van der Waals surface area contributed by atoms with E-state index >= 15 is 0 Å². The van der Waals surface area contributed by atoms with Crippen LogP contribution in [0.2, 0.25) is 0 Å². The summed E-state index contributed by atoms with van der Waals surface area (Å²) in [5.74, 6) is -0.886. The Balaban J connectivity index is 1.68. The number of amides is 1. The predicted molar refractivity (Wildman–Crippen MR) is 131 cm³/mol. The van der Waals surface area contributed by atoms with Gasteiger partial charge in [-0.1, -0.05) is 0 Å². The van der Waals surface area contributed by atoms with E-state index in [0.29, 0.717) is 4.57 Å². The molecule has 3 rings (SSSR count). The van der Waals surface area contributed by atoms with Crippen LogP contribution in [0.5, 0.6) is 0 Å². The Labute approximate surface area is 239 Å². The molecular weight excluding hydrogens is 659 g/mol. The van der Waals surface area contributed by atoms with Crippen molar-refractivity contribution in [3.63, 3.8) is 0 Å². The predicted octanol–water partition coefficient (Wildman–Crippen LogP) is -4.53. The van der Waals surface area contributed by atoms with Gasteiger partial charge in [-0.3, -0.25) is 32.7 Å². The SMILES string of the molecule is CC(=O)N[C@H]1[C@H](OP(=O)(O)OP(=O)(O)OC[C@H]2O[C@@H](n3ccc(=O)[nH]c3=O)[C@H](O)[C@@H]2O)O[C@H](COP(=O)(O)O)[C@@H](O)[C@@H]1O. The zero-order valence-corrected chi connectivity index (χ0v) is 24.2. The van der Waals surface area contributed by atoms with Crippen molar-refractivity contribution in [2.45, 2.75) is 62.1 Å². The molecule has 2 unspecified atom stereocenters. The smallest absolute Gasteiger partial charge is 0.388 e. The summed E-state index contributed by atoms with van der Waals surface area (Å²) < 4.78 is 64.5. The van der Waals surface area contributed by atoms with Crippen LogP contribution in [0.3, 0.4) is 0 Å². The largest absolute Gasteiger partial charge is 0.483 e. The molecule has 0 spiro atoms. The average molecular weight is 687 g/mol. The van der Waals surface area contributed by atoms with Crippen molar-refractivity contribution < 1.29 is 85.8 Å². The first kappa shape index (κ1) is 35.8. The number of carbonyl (C=O) groups is 1. The van der Waals surface area contributed by atoms with E-state index in [9.17, 15) is 58.3 Å². The fourth-order valence-electron chi connectivity index (χ4n) is 3.91. The lowest BCUT2D eigenvalue weighted by molar-refractivity contribution is -0.246. The zero-order chi connectivity index (χ0) is 32.5. The lowest BCUT2D eigenvalue weighted by Crippen LogP contribution is -2.64. The van der Waals surface area contributed by atoms with Crippen LogP contribution in [0, 0.1) is 0 Å². The molecule has 2 aliphatic rings. The molecule has 10 N–H and O–H groups in total. The molecule has 3 heterocycles. The Bertz CT molecular complexity index is 1410. The average Bonchev–Trinajstić information content (AvgIpc) is 3.13. The number of hydrogen-bond acceptors (Lipinski definition) is 16. The number of hydrogen-bond donors (Lipinski definition) is 10. The summed E-state index contributed by atoms with van der Waals surface area (Å²) in [6.07, 6.45) is -14.2. The van der Waals surface area contributed by atoms with Gasteiger partial charge >= 0.3 is 29.2 Å². The van der Waals surface area contributed by atoms with Gasteiger partial charge in [0.25, 0.3) is 5.56 Å². The number of nitrogens with zero attached hydrogens (tertiary/aromatic N) is 1. The zero-order valence-electron chi connectivity index (χ0n) is 21.5. The molecule has 26 heteroatoms. The molecule has 0 radical (unpaired) electrons. The number of phosphoric ester groups is 3. The van der Waals surface area contributed by atoms with E-state index in [1.807, 2.05) is 10.3 Å². The van der Waals surface area contributed by atoms with Crippen molar-refractivity contribution in [3.05, 3.63) is 33.1 Å². The van der Waals surface area contributed by atoms with Crippen LogP contribution >= 0.6 is 23.5 Å². The van der Waals surface area contributed by atoms with Crippen LogP contribution in [-0.4, -0.2) is 118 Å². The second kappa shape index (κ2) is 13.7. The van der Waals surface area contributed by atoms with Gasteiger partial charge in [0.1, 0.15) is 42.7 Å². The molecule has 23 nitrogen and oxygen atoms in total. The van der Waals surface area contributed by atoms with Crippen LogP contribution in [-0.2, 0) is 45.8 Å². The first-order valence-corrected chi connectivity index (χ1v) is 16.2. The summed E-state index contributed by atoms with van der Waals surface area (Å²) in [5.41, 5.74) is -1.81. The summed E-state index contributed by atoms with van der Waals surface area (Å²) in [5, 5.41) is 43.0. The maximum Gasteiger partial charge on any atom is 0.483 e. The quantitative estimate of drug-likeness (QED) is 0.0925. The minimum atomic E-state index is -5.78. The van der Waals surface area contributed by atoms with Gasteiger partial charge in [-0.15, -0.1) is 0 Å². The number of aromatic nitrogens is 2. The van der Waals surface area contributed by atoms with Crippen LogP contribution < -0.4 is 16.6 Å². The molecular formula is C17H28N3O20P3. The van der Waals surface area contributed by atoms with Crippen LogP contribution in [0.15, 0.2) is 21.9 Å². The van der Waals surface area contributed by atoms with E-state index < -0.39 is 109 Å². The van der Waals surface area contributed by atoms with Gasteiger partial charge in [-0.05, 0) is 0 Å². The third kappa shape index (κ3) is 9.63. The van der Waals surface area contributed by atoms with Gasteiger partial charge in [0.05, 0.1) is 13.2 Å². The fraction of sp³-hybridized carbons (Fsp3) is 0.706. The molecule has 1 aromatic heterocycles. The third-order valence-electron chi connectivity index (χ3n) is 5.79. The minimum absolute atomic E-state index is 0.694. The van der Waals surface area contributed by atoms with E-state index in [1.54, 1.807) is 0 Å². The number of aliphatic hydroxyl groups excluding tert-OH is 4. The van der Waals surface area contributed by atoms with Gasteiger partial charge in [-0.2, -0.15) is 4.31 Å². The van der Waals surface area contributed by atoms with Crippen molar-refractivity contribution in [1.29, 1.82) is 0 Å². The summed E-state index contributed by atoms with van der Waals surface area (Å²) in [4.78, 5) is 74.5. The highest BCUT2D eigenvalue weighted by Crippen LogP contribution is 2.61. The van der Waals surface area contributed by atoms with Crippen molar-refractivity contribution >= 4 is 29.4 Å². The number of phosphoric acid groups is 3. The van der Waals surface area contributed by atoms with Gasteiger partial charge in [0.15, 0.2) is 12.5 Å². The Morgan fingerprint density at radius 1 is 0.930 bits per heavy atom. The van der Waals surface area contributed by atoms with Crippen molar-refractivity contribution in [3.8, 4) is 0 Å². The van der Waals surface area contributed by atoms with E-state index in [2.05, 4.69) is 17.9 Å². The first-order valence-electron chi connectivity index (χ1n) is 11.7. The van der Waals surface area contributed by atoms with Crippen LogP contribution in [0.25, 0.3) is 0 Å². The summed E-state index contributed by atoms with van der Waals surface area (Å²) in [7, 11) is -16.5. The fourth-order valence-corrected chi connectivity index (χ4v) is 6.42. The minimum Gasteiger partial charge on any atom is -0.388 e. The van der Waals surface area contributed by atoms with Gasteiger partial charge < -0.3 is 54.8 Å². The van der Waals surface area contributed by atoms with Gasteiger partial charge in [0.2, 0.25) is 5.91 Å². The highest BCUT2D eigenvalue weighted by molar-refractivity contribution is 7.61. The normalized spacial score (nSPS) is 34.3. The molecule has 1 aromatic rings. The van der Waals surface area contributed by atoms with E-state index in [1.165, 1.54) is 0 Å². The lowest BCUT2D eigenvalue weighted by Gasteiger charge is -2.42. The van der Waals surface area contributed by atoms with E-state index in [4.69, 9.17) is 19.3 Å². The third-order valence-corrected chi connectivity index (χ3v) is 8.87. The molecule has 0 bridgehead atoms. The second-order valence-electron chi connectivity index (χ2n) is 9.02. The molecule has 43 heavy (non-hydrogen) atoms. The number of nitrogens with one attached hydrogen (secondary N) is 2. The Hall–Kier alpha value is -1.72. The molecule has 0 saturated carbocycles. The maximum atomic E-state index is 12.6. The number of aromatic amines is 1. The molecule has 1 amide bonds. The van der Waals surface area contributed by atoms with E-state index in [0.717, 1.165) is 19.2 Å². The van der Waals surface area contributed by atoms with E-state index in [-0.39, 0.29) is 0 Å². The molecule has 246 valence electrons. The lowest BCUT2D eigenvalue weighted by atomic mass is 9.97. The Morgan fingerprint density at radius 2 is 1.51 bits per heavy atom. The number of ether oxygens (including phenoxy) is 2. The topological polar surface area (TPSA) is 352 Å². The monoisotopic (exact) mass is 687 g/mol.